The molecule has 2 heterocycles. The second kappa shape index (κ2) is 11.2. The second-order valence-corrected chi connectivity index (χ2v) is 8.87. The lowest BCUT2D eigenvalue weighted by atomic mass is 9.77. The average Bonchev–Trinajstić information content (AvgIpc) is 2.90. The number of alkyl halides is 6. The standard InChI is InChI=1S/C29H22F6N2O/c30-28(31,32)23-5-1-3-21(17-23)25(15-19-7-11-36-12-8-19)27(38)26(16-20-9-13-37-14-10-20)22-4-2-6-24(18-22)29(33,34)35/h1-14,17-18,25-26H,15-16H2. The normalized spacial score (nSPS) is 13.6. The summed E-state index contributed by atoms with van der Waals surface area (Å²) < 4.78 is 81.1. The molecule has 0 aliphatic carbocycles. The monoisotopic (exact) mass is 528 g/mol. The maximum Gasteiger partial charge on any atom is 0.416 e. The van der Waals surface area contributed by atoms with E-state index in [2.05, 4.69) is 9.97 Å². The first-order valence-corrected chi connectivity index (χ1v) is 11.7. The molecular formula is C29H22F6N2O. The predicted molar refractivity (Wildman–Crippen MR) is 129 cm³/mol. The number of aromatic nitrogens is 2. The SMILES string of the molecule is O=C(C(Cc1ccncc1)c1cccc(C(F)(F)F)c1)C(Cc1ccncc1)c1cccc(C(F)(F)F)c1. The van der Waals surface area contributed by atoms with E-state index in [1.807, 2.05) is 0 Å². The van der Waals surface area contributed by atoms with Crippen LogP contribution >= 0.6 is 0 Å². The van der Waals surface area contributed by atoms with Crippen molar-refractivity contribution in [3.63, 3.8) is 0 Å². The van der Waals surface area contributed by atoms with Crippen molar-refractivity contribution in [1.29, 1.82) is 0 Å². The molecule has 0 bridgehead atoms. The van der Waals surface area contributed by atoms with Gasteiger partial charge in [-0.2, -0.15) is 26.3 Å². The molecule has 196 valence electrons. The van der Waals surface area contributed by atoms with Crippen molar-refractivity contribution in [2.75, 3.05) is 0 Å². The number of halogens is 6. The molecule has 3 nitrogen and oxygen atoms in total. The molecule has 0 amide bonds. The van der Waals surface area contributed by atoms with Gasteiger partial charge in [0.05, 0.1) is 11.1 Å². The van der Waals surface area contributed by atoms with E-state index in [9.17, 15) is 31.1 Å². The molecule has 0 saturated heterocycles. The largest absolute Gasteiger partial charge is 0.416 e. The van der Waals surface area contributed by atoms with Crippen LogP contribution in [0.4, 0.5) is 26.3 Å². The average molecular weight is 528 g/mol. The highest BCUT2D eigenvalue weighted by Gasteiger charge is 2.36. The quantitative estimate of drug-likeness (QED) is 0.223. The van der Waals surface area contributed by atoms with Crippen molar-refractivity contribution in [3.8, 4) is 0 Å². The first-order chi connectivity index (χ1) is 18.0. The molecule has 0 saturated carbocycles. The first kappa shape index (κ1) is 27.0. The smallest absolute Gasteiger partial charge is 0.298 e. The van der Waals surface area contributed by atoms with Crippen molar-refractivity contribution in [2.45, 2.75) is 37.0 Å². The van der Waals surface area contributed by atoms with Crippen molar-refractivity contribution >= 4 is 5.78 Å². The molecule has 0 radical (unpaired) electrons. The molecule has 4 aromatic rings. The van der Waals surface area contributed by atoms with Gasteiger partial charge in [0.1, 0.15) is 5.78 Å². The number of nitrogens with zero attached hydrogens (tertiary/aromatic N) is 2. The molecule has 4 rings (SSSR count). The van der Waals surface area contributed by atoms with Crippen LogP contribution in [0.25, 0.3) is 0 Å². The third kappa shape index (κ3) is 6.65. The van der Waals surface area contributed by atoms with Gasteiger partial charge in [0.25, 0.3) is 0 Å². The number of benzene rings is 2. The van der Waals surface area contributed by atoms with Crippen LogP contribution in [0.3, 0.4) is 0 Å². The summed E-state index contributed by atoms with van der Waals surface area (Å²) in [6.45, 7) is 0. The third-order valence-corrected chi connectivity index (χ3v) is 6.30. The van der Waals surface area contributed by atoms with Gasteiger partial charge in [0.15, 0.2) is 0 Å². The fourth-order valence-electron chi connectivity index (χ4n) is 4.38. The Morgan fingerprint density at radius 2 is 0.974 bits per heavy atom. The van der Waals surface area contributed by atoms with E-state index in [0.717, 1.165) is 24.3 Å². The highest BCUT2D eigenvalue weighted by molar-refractivity contribution is 5.92. The minimum absolute atomic E-state index is 0.0501. The zero-order chi connectivity index (χ0) is 27.3. The maximum absolute atomic E-state index is 14.2. The van der Waals surface area contributed by atoms with E-state index < -0.39 is 41.1 Å². The fourth-order valence-corrected chi connectivity index (χ4v) is 4.38. The second-order valence-electron chi connectivity index (χ2n) is 8.87. The molecule has 0 spiro atoms. The molecule has 2 aromatic heterocycles. The molecule has 2 unspecified atom stereocenters. The number of hydrogen-bond donors (Lipinski definition) is 0. The van der Waals surface area contributed by atoms with E-state index in [0.29, 0.717) is 11.1 Å². The molecule has 0 N–H and O–H groups in total. The first-order valence-electron chi connectivity index (χ1n) is 11.7. The Kier molecular flexibility index (Phi) is 7.94. The Balaban J connectivity index is 1.82. The van der Waals surface area contributed by atoms with Gasteiger partial charge in [-0.15, -0.1) is 0 Å². The number of ketones is 1. The van der Waals surface area contributed by atoms with Gasteiger partial charge in [-0.05, 0) is 71.5 Å². The Morgan fingerprint density at radius 3 is 1.32 bits per heavy atom. The lowest BCUT2D eigenvalue weighted by Gasteiger charge is -2.25. The summed E-state index contributed by atoms with van der Waals surface area (Å²) in [6, 6.07) is 15.6. The molecule has 38 heavy (non-hydrogen) atoms. The maximum atomic E-state index is 14.2. The third-order valence-electron chi connectivity index (χ3n) is 6.30. The summed E-state index contributed by atoms with van der Waals surface area (Å²) in [5, 5.41) is 0. The molecule has 2 aromatic carbocycles. The van der Waals surface area contributed by atoms with Crippen LogP contribution in [-0.2, 0) is 30.0 Å². The highest BCUT2D eigenvalue weighted by atomic mass is 19.4. The van der Waals surface area contributed by atoms with Gasteiger partial charge in [-0.1, -0.05) is 36.4 Å². The lowest BCUT2D eigenvalue weighted by Crippen LogP contribution is -2.25. The molecule has 0 aliphatic rings. The van der Waals surface area contributed by atoms with E-state index in [4.69, 9.17) is 0 Å². The lowest BCUT2D eigenvalue weighted by molar-refractivity contribution is -0.138. The molecule has 2 atom stereocenters. The van der Waals surface area contributed by atoms with Gasteiger partial charge in [-0.3, -0.25) is 14.8 Å². The van der Waals surface area contributed by atoms with Crippen molar-refractivity contribution < 1.29 is 31.1 Å². The molecule has 0 aliphatic heterocycles. The Bertz CT molecular complexity index is 1270. The number of carbonyl (C=O) groups excluding carboxylic acids is 1. The van der Waals surface area contributed by atoms with Gasteiger partial charge in [0, 0.05) is 36.6 Å². The zero-order valence-electron chi connectivity index (χ0n) is 19.9. The van der Waals surface area contributed by atoms with Gasteiger partial charge >= 0.3 is 12.4 Å². The van der Waals surface area contributed by atoms with E-state index in [1.54, 1.807) is 24.3 Å². The van der Waals surface area contributed by atoms with Crippen molar-refractivity contribution in [3.05, 3.63) is 131 Å². The van der Waals surface area contributed by atoms with Crippen LogP contribution in [0.5, 0.6) is 0 Å². The minimum Gasteiger partial charge on any atom is -0.298 e. The van der Waals surface area contributed by atoms with E-state index in [-0.39, 0.29) is 24.0 Å². The number of pyridine rings is 2. The Labute approximate surface area is 215 Å². The summed E-state index contributed by atoms with van der Waals surface area (Å²) in [5.41, 5.74) is -0.244. The Morgan fingerprint density at radius 1 is 0.605 bits per heavy atom. The van der Waals surface area contributed by atoms with Crippen LogP contribution < -0.4 is 0 Å². The van der Waals surface area contributed by atoms with E-state index in [1.165, 1.54) is 49.1 Å². The van der Waals surface area contributed by atoms with Gasteiger partial charge < -0.3 is 0 Å². The molecular weight excluding hydrogens is 506 g/mol. The summed E-state index contributed by atoms with van der Waals surface area (Å²) in [6.07, 6.45) is -3.14. The summed E-state index contributed by atoms with van der Waals surface area (Å²) in [4.78, 5) is 22.1. The summed E-state index contributed by atoms with van der Waals surface area (Å²) in [5.74, 6) is -2.60. The molecule has 0 fully saturated rings. The molecule has 9 heteroatoms. The van der Waals surface area contributed by atoms with Crippen LogP contribution in [0, 0.1) is 0 Å². The van der Waals surface area contributed by atoms with Crippen LogP contribution in [0.15, 0.2) is 97.6 Å². The minimum atomic E-state index is -4.63. The number of rotatable bonds is 8. The van der Waals surface area contributed by atoms with Gasteiger partial charge in [-0.25, -0.2) is 0 Å². The Hall–Kier alpha value is -4.01. The number of Topliss-reactive ketones (excluding diaryl/α,β-unsaturated/α-hetero) is 1. The summed E-state index contributed by atoms with van der Waals surface area (Å²) >= 11 is 0. The van der Waals surface area contributed by atoms with Crippen LogP contribution in [0.2, 0.25) is 0 Å². The zero-order valence-corrected chi connectivity index (χ0v) is 19.9. The van der Waals surface area contributed by atoms with E-state index >= 15 is 0 Å². The number of carbonyl (C=O) groups is 1. The van der Waals surface area contributed by atoms with Gasteiger partial charge in [0.2, 0.25) is 0 Å². The van der Waals surface area contributed by atoms with Crippen molar-refractivity contribution in [2.24, 2.45) is 0 Å². The number of hydrogen-bond acceptors (Lipinski definition) is 3. The predicted octanol–water partition coefficient (Wildman–Crippen LogP) is 7.44. The topological polar surface area (TPSA) is 42.9 Å². The van der Waals surface area contributed by atoms with Crippen molar-refractivity contribution in [1.82, 2.24) is 9.97 Å². The highest BCUT2D eigenvalue weighted by Crippen LogP contribution is 2.37. The fraction of sp³-hybridized carbons (Fsp3) is 0.207. The van der Waals surface area contributed by atoms with Crippen LogP contribution in [0.1, 0.15) is 45.2 Å². The summed E-state index contributed by atoms with van der Waals surface area (Å²) in [7, 11) is 0. The van der Waals surface area contributed by atoms with Crippen LogP contribution in [-0.4, -0.2) is 15.8 Å².